The number of esters is 1. The molecule has 3 heterocycles. The summed E-state index contributed by atoms with van der Waals surface area (Å²) in [5.41, 5.74) is 6.97. The van der Waals surface area contributed by atoms with Gasteiger partial charge in [-0.25, -0.2) is 4.79 Å². The lowest BCUT2D eigenvalue weighted by molar-refractivity contribution is -0.116. The molecule has 5 rings (SSSR count). The van der Waals surface area contributed by atoms with E-state index in [9.17, 15) is 9.59 Å². The predicted octanol–water partition coefficient (Wildman–Crippen LogP) is 5.84. The molecule has 0 spiro atoms. The van der Waals surface area contributed by atoms with Crippen molar-refractivity contribution in [1.82, 2.24) is 19.8 Å². The Balaban J connectivity index is 1.50. The van der Waals surface area contributed by atoms with E-state index in [0.717, 1.165) is 46.0 Å². The predicted molar refractivity (Wildman–Crippen MR) is 168 cm³/mol. The van der Waals surface area contributed by atoms with Crippen LogP contribution in [-0.2, 0) is 16.0 Å². The number of methoxy groups -OCH3 is 1. The lowest BCUT2D eigenvalue weighted by Crippen LogP contribution is -2.33. The summed E-state index contributed by atoms with van der Waals surface area (Å²) < 4.78 is 7.14. The first-order valence-corrected chi connectivity index (χ1v) is 14.5. The number of hydrogen-bond acceptors (Lipinski definition) is 5. The molecule has 0 saturated carbocycles. The molecule has 0 aliphatic carbocycles. The standard InChI is InChI=1S/C33H35N5O3S/c1-5-23-12-6-8-14-26(23)35-29(39)17-19-37-31(30(36-33(37)42)27-15-10-11-18-34-27)25-20-21(2)38(22(25)3)28-16-9-7-13-24(28)32(40)41-4/h6-16,18,20,30-31H,5,17,19H2,1-4H3,(H,35,39)(H,36,42)/t30-,31-/m0/s1. The monoisotopic (exact) mass is 581 g/mol. The summed E-state index contributed by atoms with van der Waals surface area (Å²) in [6.45, 7) is 6.55. The largest absolute Gasteiger partial charge is 0.465 e. The fourth-order valence-electron chi connectivity index (χ4n) is 5.78. The molecule has 216 valence electrons. The summed E-state index contributed by atoms with van der Waals surface area (Å²) in [6.07, 6.45) is 2.86. The Bertz CT molecular complexity index is 1620. The Hall–Kier alpha value is -4.50. The van der Waals surface area contributed by atoms with Crippen LogP contribution in [0.5, 0.6) is 0 Å². The summed E-state index contributed by atoms with van der Waals surface area (Å²) in [5.74, 6) is -0.469. The van der Waals surface area contributed by atoms with Gasteiger partial charge in [0.25, 0.3) is 0 Å². The number of para-hydroxylation sites is 2. The van der Waals surface area contributed by atoms with Gasteiger partial charge in [0.1, 0.15) is 0 Å². The number of amides is 1. The molecule has 1 saturated heterocycles. The van der Waals surface area contributed by atoms with Crippen molar-refractivity contribution in [1.29, 1.82) is 0 Å². The van der Waals surface area contributed by atoms with Gasteiger partial charge in [0.05, 0.1) is 36.1 Å². The van der Waals surface area contributed by atoms with Gasteiger partial charge in [-0.05, 0) is 80.0 Å². The summed E-state index contributed by atoms with van der Waals surface area (Å²) in [4.78, 5) is 32.5. The SMILES string of the molecule is CCc1ccccc1NC(=O)CCN1C(=S)N[C@@H](c2ccccn2)[C@@H]1c1cc(C)n(-c2ccccc2C(=O)OC)c1C. The Morgan fingerprint density at radius 1 is 1.05 bits per heavy atom. The third kappa shape index (κ3) is 5.65. The highest BCUT2D eigenvalue weighted by Crippen LogP contribution is 2.41. The Morgan fingerprint density at radius 2 is 1.79 bits per heavy atom. The normalized spacial score (nSPS) is 16.3. The number of aromatic nitrogens is 2. The van der Waals surface area contributed by atoms with E-state index in [4.69, 9.17) is 17.0 Å². The minimum absolute atomic E-state index is 0.0729. The molecule has 9 heteroatoms. The number of anilines is 1. The third-order valence-corrected chi connectivity index (χ3v) is 8.14. The average Bonchev–Trinajstić information content (AvgIpc) is 3.50. The zero-order valence-electron chi connectivity index (χ0n) is 24.3. The quantitative estimate of drug-likeness (QED) is 0.190. The smallest absolute Gasteiger partial charge is 0.339 e. The highest BCUT2D eigenvalue weighted by atomic mass is 32.1. The lowest BCUT2D eigenvalue weighted by Gasteiger charge is -2.28. The van der Waals surface area contributed by atoms with Crippen molar-refractivity contribution in [3.05, 3.63) is 113 Å². The van der Waals surface area contributed by atoms with E-state index >= 15 is 0 Å². The molecule has 0 radical (unpaired) electrons. The fraction of sp³-hybridized carbons (Fsp3) is 0.273. The van der Waals surface area contributed by atoms with Crippen LogP contribution < -0.4 is 10.6 Å². The lowest BCUT2D eigenvalue weighted by atomic mass is 9.96. The van der Waals surface area contributed by atoms with Crippen LogP contribution in [0.25, 0.3) is 5.69 Å². The molecule has 1 aliphatic rings. The molecule has 2 N–H and O–H groups in total. The molecule has 8 nitrogen and oxygen atoms in total. The van der Waals surface area contributed by atoms with Crippen molar-refractivity contribution in [2.45, 2.75) is 45.7 Å². The van der Waals surface area contributed by atoms with Gasteiger partial charge in [-0.3, -0.25) is 9.78 Å². The van der Waals surface area contributed by atoms with Gasteiger partial charge in [-0.1, -0.05) is 43.3 Å². The number of pyridine rings is 1. The van der Waals surface area contributed by atoms with Crippen LogP contribution in [0.3, 0.4) is 0 Å². The van der Waals surface area contributed by atoms with Crippen LogP contribution in [0.15, 0.2) is 79.0 Å². The van der Waals surface area contributed by atoms with E-state index in [0.29, 0.717) is 17.2 Å². The Kier molecular flexibility index (Phi) is 8.68. The van der Waals surface area contributed by atoms with E-state index in [1.165, 1.54) is 7.11 Å². The molecule has 1 aliphatic heterocycles. The number of aryl methyl sites for hydroxylation is 2. The van der Waals surface area contributed by atoms with Crippen LogP contribution in [-0.4, -0.2) is 45.1 Å². The molecule has 2 aromatic carbocycles. The van der Waals surface area contributed by atoms with Gasteiger partial charge in [0.2, 0.25) is 5.91 Å². The molecule has 1 amide bonds. The number of thiocarbonyl (C=S) groups is 1. The van der Waals surface area contributed by atoms with Gasteiger partial charge in [-0.2, -0.15) is 0 Å². The topological polar surface area (TPSA) is 88.5 Å². The van der Waals surface area contributed by atoms with Crippen LogP contribution in [0.4, 0.5) is 5.69 Å². The van der Waals surface area contributed by atoms with Gasteiger partial charge in [0.15, 0.2) is 5.11 Å². The number of ether oxygens (including phenoxy) is 1. The van der Waals surface area contributed by atoms with Crippen molar-refractivity contribution in [3.63, 3.8) is 0 Å². The summed E-state index contributed by atoms with van der Waals surface area (Å²) in [6, 6.07) is 22.8. The van der Waals surface area contributed by atoms with Crippen LogP contribution in [0.2, 0.25) is 0 Å². The number of rotatable bonds is 9. The van der Waals surface area contributed by atoms with Crippen molar-refractivity contribution in [2.24, 2.45) is 0 Å². The van der Waals surface area contributed by atoms with E-state index in [-0.39, 0.29) is 24.4 Å². The van der Waals surface area contributed by atoms with Gasteiger partial charge in [0, 0.05) is 36.2 Å². The molecule has 1 fully saturated rings. The number of nitrogens with one attached hydrogen (secondary N) is 2. The summed E-state index contributed by atoms with van der Waals surface area (Å²) >= 11 is 5.85. The third-order valence-electron chi connectivity index (χ3n) is 7.79. The minimum atomic E-state index is -0.396. The van der Waals surface area contributed by atoms with Crippen molar-refractivity contribution in [3.8, 4) is 5.69 Å². The van der Waals surface area contributed by atoms with Crippen molar-refractivity contribution >= 4 is 34.9 Å². The second-order valence-corrected chi connectivity index (χ2v) is 10.7. The fourth-order valence-corrected chi connectivity index (χ4v) is 6.11. The Morgan fingerprint density at radius 3 is 2.52 bits per heavy atom. The number of benzene rings is 2. The zero-order chi connectivity index (χ0) is 29.8. The molecule has 0 unspecified atom stereocenters. The van der Waals surface area contributed by atoms with Gasteiger partial charge < -0.3 is 24.8 Å². The summed E-state index contributed by atoms with van der Waals surface area (Å²) in [7, 11) is 1.39. The van der Waals surface area contributed by atoms with Gasteiger partial charge >= 0.3 is 5.97 Å². The first kappa shape index (κ1) is 29.0. The van der Waals surface area contributed by atoms with Crippen molar-refractivity contribution in [2.75, 3.05) is 19.0 Å². The molecule has 2 aromatic heterocycles. The number of carbonyl (C=O) groups is 2. The Labute approximate surface area is 251 Å². The van der Waals surface area contributed by atoms with Crippen LogP contribution in [0, 0.1) is 13.8 Å². The molecule has 4 aromatic rings. The molecule has 0 bridgehead atoms. The van der Waals surface area contributed by atoms with E-state index in [1.54, 1.807) is 12.3 Å². The van der Waals surface area contributed by atoms with E-state index in [1.807, 2.05) is 74.5 Å². The number of nitrogens with zero attached hydrogens (tertiary/aromatic N) is 3. The van der Waals surface area contributed by atoms with E-state index in [2.05, 4.69) is 38.1 Å². The number of carbonyl (C=O) groups excluding carboxylic acids is 2. The molecule has 2 atom stereocenters. The molecular weight excluding hydrogens is 546 g/mol. The maximum atomic E-state index is 13.1. The van der Waals surface area contributed by atoms with Gasteiger partial charge in [-0.15, -0.1) is 0 Å². The maximum absolute atomic E-state index is 13.1. The number of hydrogen-bond donors (Lipinski definition) is 2. The zero-order valence-corrected chi connectivity index (χ0v) is 25.1. The molecular formula is C33H35N5O3S. The second-order valence-electron chi connectivity index (χ2n) is 10.3. The minimum Gasteiger partial charge on any atom is -0.465 e. The summed E-state index contributed by atoms with van der Waals surface area (Å²) in [5, 5.41) is 7.12. The molecule has 42 heavy (non-hydrogen) atoms. The van der Waals surface area contributed by atoms with Crippen LogP contribution in [0.1, 0.15) is 64.0 Å². The maximum Gasteiger partial charge on any atom is 0.339 e. The highest BCUT2D eigenvalue weighted by molar-refractivity contribution is 7.80. The van der Waals surface area contributed by atoms with Crippen molar-refractivity contribution < 1.29 is 14.3 Å². The van der Waals surface area contributed by atoms with E-state index < -0.39 is 5.97 Å². The average molecular weight is 582 g/mol. The second kappa shape index (κ2) is 12.6. The first-order valence-electron chi connectivity index (χ1n) is 14.1. The highest BCUT2D eigenvalue weighted by Gasteiger charge is 2.41. The van der Waals surface area contributed by atoms with Crippen LogP contribution >= 0.6 is 12.2 Å². The first-order chi connectivity index (χ1) is 20.3.